The normalized spacial score (nSPS) is 23.6. The van der Waals surface area contributed by atoms with Crippen LogP contribution in [0, 0.1) is 11.8 Å². The lowest BCUT2D eigenvalue weighted by molar-refractivity contribution is -0.122. The molecule has 114 valence electrons. The van der Waals surface area contributed by atoms with Crippen molar-refractivity contribution in [2.24, 2.45) is 11.8 Å². The Morgan fingerprint density at radius 3 is 2.14 bits per heavy atom. The van der Waals surface area contributed by atoms with Gasteiger partial charge < -0.3 is 4.74 Å². The lowest BCUT2D eigenvalue weighted by atomic mass is 9.85. The van der Waals surface area contributed by atoms with Crippen molar-refractivity contribution in [2.75, 3.05) is 11.5 Å². The highest BCUT2D eigenvalue weighted by atomic mass is 16.5. The molecule has 2 aliphatic rings. The molecule has 0 bridgehead atoms. The molecule has 5 heteroatoms. The molecule has 0 saturated carbocycles. The van der Waals surface area contributed by atoms with E-state index in [1.54, 1.807) is 31.2 Å². The summed E-state index contributed by atoms with van der Waals surface area (Å²) in [5, 5.41) is 0. The predicted molar refractivity (Wildman–Crippen MR) is 80.2 cm³/mol. The minimum Gasteiger partial charge on any atom is -0.462 e. The van der Waals surface area contributed by atoms with Crippen LogP contribution in [0.4, 0.5) is 5.69 Å². The monoisotopic (exact) mass is 299 g/mol. The first-order chi connectivity index (χ1) is 10.6. The molecule has 5 nitrogen and oxygen atoms in total. The number of hydrogen-bond acceptors (Lipinski definition) is 4. The van der Waals surface area contributed by atoms with Gasteiger partial charge in [-0.25, -0.2) is 4.79 Å². The van der Waals surface area contributed by atoms with Crippen LogP contribution >= 0.6 is 0 Å². The zero-order valence-corrected chi connectivity index (χ0v) is 12.3. The maximum atomic E-state index is 12.5. The van der Waals surface area contributed by atoms with Crippen molar-refractivity contribution in [1.29, 1.82) is 0 Å². The molecule has 0 radical (unpaired) electrons. The van der Waals surface area contributed by atoms with Crippen molar-refractivity contribution in [1.82, 2.24) is 0 Å². The van der Waals surface area contributed by atoms with Crippen LogP contribution in [-0.2, 0) is 14.3 Å². The molecule has 1 aromatic rings. The minimum absolute atomic E-state index is 0.150. The number of carbonyl (C=O) groups excluding carboxylic acids is 3. The van der Waals surface area contributed by atoms with E-state index in [1.165, 1.54) is 4.90 Å². The summed E-state index contributed by atoms with van der Waals surface area (Å²) in [6, 6.07) is 6.39. The SMILES string of the molecule is CCOC(=O)c1ccc(N2C(=O)[C@H]3CC=CC[C@@H]3C2=O)cc1. The summed E-state index contributed by atoms with van der Waals surface area (Å²) < 4.78 is 4.92. The average Bonchev–Trinajstić information content (AvgIpc) is 2.80. The molecule has 1 saturated heterocycles. The number of fused-ring (bicyclic) bond motifs is 1. The van der Waals surface area contributed by atoms with Crippen molar-refractivity contribution in [2.45, 2.75) is 19.8 Å². The largest absolute Gasteiger partial charge is 0.462 e. The van der Waals surface area contributed by atoms with Crippen LogP contribution in [0.1, 0.15) is 30.1 Å². The number of hydrogen-bond donors (Lipinski definition) is 0. The number of anilines is 1. The molecular weight excluding hydrogens is 282 g/mol. The van der Waals surface area contributed by atoms with Crippen molar-refractivity contribution in [3.63, 3.8) is 0 Å². The Balaban J connectivity index is 1.84. The number of amides is 2. The van der Waals surface area contributed by atoms with Gasteiger partial charge in [0.15, 0.2) is 0 Å². The number of carbonyl (C=O) groups is 3. The van der Waals surface area contributed by atoms with E-state index < -0.39 is 5.97 Å². The van der Waals surface area contributed by atoms with Gasteiger partial charge in [-0.15, -0.1) is 0 Å². The van der Waals surface area contributed by atoms with Gasteiger partial charge in [-0.2, -0.15) is 0 Å². The molecule has 1 aliphatic carbocycles. The number of ether oxygens (including phenoxy) is 1. The van der Waals surface area contributed by atoms with E-state index in [0.29, 0.717) is 30.7 Å². The lowest BCUT2D eigenvalue weighted by Gasteiger charge is -2.15. The second-order valence-electron chi connectivity index (χ2n) is 5.44. The van der Waals surface area contributed by atoms with Crippen LogP contribution in [0.25, 0.3) is 0 Å². The van der Waals surface area contributed by atoms with Gasteiger partial charge in [0.1, 0.15) is 0 Å². The highest BCUT2D eigenvalue weighted by molar-refractivity contribution is 6.22. The second-order valence-corrected chi connectivity index (χ2v) is 5.44. The molecular formula is C17H17NO4. The maximum absolute atomic E-state index is 12.5. The summed E-state index contributed by atoms with van der Waals surface area (Å²) in [7, 11) is 0. The van der Waals surface area contributed by atoms with Crippen LogP contribution in [0.15, 0.2) is 36.4 Å². The van der Waals surface area contributed by atoms with E-state index in [4.69, 9.17) is 4.74 Å². The standard InChI is InChI=1S/C17H17NO4/c1-2-22-17(21)11-7-9-12(10-8-11)18-15(19)13-5-3-4-6-14(13)16(18)20/h3-4,7-10,13-14H,2,5-6H2,1H3/t13-,14-/m0/s1. The highest BCUT2D eigenvalue weighted by Crippen LogP contribution is 2.37. The van der Waals surface area contributed by atoms with E-state index in [9.17, 15) is 14.4 Å². The quantitative estimate of drug-likeness (QED) is 0.488. The molecule has 0 spiro atoms. The molecule has 0 aromatic heterocycles. The smallest absolute Gasteiger partial charge is 0.338 e. The summed E-state index contributed by atoms with van der Waals surface area (Å²) in [5.74, 6) is -1.21. The fourth-order valence-corrected chi connectivity index (χ4v) is 3.02. The molecule has 2 amide bonds. The molecule has 2 atom stereocenters. The van der Waals surface area contributed by atoms with Gasteiger partial charge >= 0.3 is 5.97 Å². The Bertz CT molecular complexity index is 621. The number of rotatable bonds is 3. The van der Waals surface area contributed by atoms with Crippen LogP contribution < -0.4 is 4.90 Å². The molecule has 1 aromatic carbocycles. The van der Waals surface area contributed by atoms with Gasteiger partial charge in [-0.05, 0) is 44.0 Å². The third-order valence-corrected chi connectivity index (χ3v) is 4.14. The third-order valence-electron chi connectivity index (χ3n) is 4.14. The zero-order chi connectivity index (χ0) is 15.7. The van der Waals surface area contributed by atoms with E-state index in [0.717, 1.165) is 0 Å². The Hall–Kier alpha value is -2.43. The van der Waals surface area contributed by atoms with Crippen molar-refractivity contribution >= 4 is 23.5 Å². The summed E-state index contributed by atoms with van der Waals surface area (Å²) in [6.45, 7) is 2.05. The Morgan fingerprint density at radius 1 is 1.09 bits per heavy atom. The van der Waals surface area contributed by atoms with Crippen molar-refractivity contribution < 1.29 is 19.1 Å². The molecule has 0 unspecified atom stereocenters. The first-order valence-electron chi connectivity index (χ1n) is 7.43. The van der Waals surface area contributed by atoms with Gasteiger partial charge in [-0.3, -0.25) is 14.5 Å². The average molecular weight is 299 g/mol. The minimum atomic E-state index is -0.411. The second kappa shape index (κ2) is 5.75. The first kappa shape index (κ1) is 14.5. The van der Waals surface area contributed by atoms with E-state index >= 15 is 0 Å². The predicted octanol–water partition coefficient (Wildman–Crippen LogP) is 2.32. The van der Waals surface area contributed by atoms with Gasteiger partial charge in [0.2, 0.25) is 11.8 Å². The topological polar surface area (TPSA) is 63.7 Å². The molecule has 3 rings (SSSR count). The van der Waals surface area contributed by atoms with Crippen LogP contribution in [0.3, 0.4) is 0 Å². The molecule has 1 aliphatic heterocycles. The molecule has 0 N–H and O–H groups in total. The number of allylic oxidation sites excluding steroid dienone is 2. The van der Waals surface area contributed by atoms with Crippen LogP contribution in [0.5, 0.6) is 0 Å². The summed E-state index contributed by atoms with van der Waals surface area (Å²) >= 11 is 0. The summed E-state index contributed by atoms with van der Waals surface area (Å²) in [5.41, 5.74) is 0.918. The Morgan fingerprint density at radius 2 is 1.64 bits per heavy atom. The van der Waals surface area contributed by atoms with Gasteiger partial charge in [0.25, 0.3) is 0 Å². The number of imide groups is 1. The molecule has 1 heterocycles. The summed E-state index contributed by atoms with van der Waals surface area (Å²) in [6.07, 6.45) is 5.15. The van der Waals surface area contributed by atoms with E-state index in [-0.39, 0.29) is 23.7 Å². The van der Waals surface area contributed by atoms with E-state index in [2.05, 4.69) is 0 Å². The Kier molecular flexibility index (Phi) is 3.79. The number of benzene rings is 1. The number of esters is 1. The summed E-state index contributed by atoms with van der Waals surface area (Å²) in [4.78, 5) is 37.8. The first-order valence-corrected chi connectivity index (χ1v) is 7.43. The van der Waals surface area contributed by atoms with Gasteiger partial charge in [-0.1, -0.05) is 12.2 Å². The van der Waals surface area contributed by atoms with Gasteiger partial charge in [0.05, 0.1) is 29.7 Å². The molecule has 22 heavy (non-hydrogen) atoms. The van der Waals surface area contributed by atoms with Crippen molar-refractivity contribution in [3.05, 3.63) is 42.0 Å². The highest BCUT2D eigenvalue weighted by Gasteiger charge is 2.47. The van der Waals surface area contributed by atoms with Gasteiger partial charge in [0, 0.05) is 0 Å². The fourth-order valence-electron chi connectivity index (χ4n) is 3.02. The fraction of sp³-hybridized carbons (Fsp3) is 0.353. The third kappa shape index (κ3) is 2.32. The number of nitrogens with zero attached hydrogens (tertiary/aromatic N) is 1. The lowest BCUT2D eigenvalue weighted by Crippen LogP contribution is -2.30. The maximum Gasteiger partial charge on any atom is 0.338 e. The van der Waals surface area contributed by atoms with Crippen LogP contribution in [-0.4, -0.2) is 24.4 Å². The van der Waals surface area contributed by atoms with E-state index in [1.807, 2.05) is 12.2 Å². The Labute approximate surface area is 128 Å². The molecule has 1 fully saturated rings. The van der Waals surface area contributed by atoms with Crippen molar-refractivity contribution in [3.8, 4) is 0 Å². The van der Waals surface area contributed by atoms with Crippen LogP contribution in [0.2, 0.25) is 0 Å². The zero-order valence-electron chi connectivity index (χ0n) is 12.3.